The van der Waals surface area contributed by atoms with Crippen LogP contribution in [-0.4, -0.2) is 33.4 Å². The molecule has 1 aliphatic rings. The average Bonchev–Trinajstić information content (AvgIpc) is 2.49. The van der Waals surface area contributed by atoms with Crippen molar-refractivity contribution in [1.82, 2.24) is 5.32 Å². The number of hydrogen-bond acceptors (Lipinski definition) is 4. The molecule has 1 aromatic carbocycles. The third kappa shape index (κ3) is 3.82. The van der Waals surface area contributed by atoms with Crippen LogP contribution in [0.5, 0.6) is 17.2 Å². The first-order chi connectivity index (χ1) is 10.1. The lowest BCUT2D eigenvalue weighted by molar-refractivity contribution is 0.0503. The first-order valence-electron chi connectivity index (χ1n) is 7.64. The van der Waals surface area contributed by atoms with E-state index in [1.54, 1.807) is 14.2 Å². The largest absolute Gasteiger partial charge is 0.496 e. The predicted octanol–water partition coefficient (Wildman–Crippen LogP) is 3.11. The molecule has 4 atom stereocenters. The highest BCUT2D eigenvalue weighted by Crippen LogP contribution is 2.34. The predicted molar refractivity (Wildman–Crippen MR) is 84.4 cm³/mol. The van der Waals surface area contributed by atoms with Crippen molar-refractivity contribution in [3.05, 3.63) is 18.2 Å². The van der Waals surface area contributed by atoms with Crippen LogP contribution in [0, 0.1) is 11.8 Å². The Bertz CT molecular complexity index is 441. The Labute approximate surface area is 127 Å². The van der Waals surface area contributed by atoms with Gasteiger partial charge in [0.25, 0.3) is 0 Å². The Morgan fingerprint density at radius 3 is 2.05 bits per heavy atom. The summed E-state index contributed by atoms with van der Waals surface area (Å²) < 4.78 is 16.9. The topological polar surface area (TPSA) is 39.7 Å². The molecule has 0 amide bonds. The summed E-state index contributed by atoms with van der Waals surface area (Å²) in [6.45, 7) is 4.58. The molecule has 4 nitrogen and oxygen atoms in total. The summed E-state index contributed by atoms with van der Waals surface area (Å²) in [5.74, 6) is 3.56. The molecule has 21 heavy (non-hydrogen) atoms. The van der Waals surface area contributed by atoms with Crippen molar-refractivity contribution in [3.63, 3.8) is 0 Å². The highest BCUT2D eigenvalue weighted by molar-refractivity contribution is 5.42. The Morgan fingerprint density at radius 1 is 0.952 bits per heavy atom. The van der Waals surface area contributed by atoms with Gasteiger partial charge in [-0.3, -0.25) is 0 Å². The van der Waals surface area contributed by atoms with Gasteiger partial charge >= 0.3 is 0 Å². The van der Waals surface area contributed by atoms with E-state index in [0.29, 0.717) is 12.0 Å². The standard InChI is InChI=1S/C17H27NO3/c1-11-6-12(2)17(16(7-11)18-3)21-15-9-13(19-4)8-14(10-15)20-5/h8-12,16-18H,6-7H2,1-5H3. The monoisotopic (exact) mass is 293 g/mol. The summed E-state index contributed by atoms with van der Waals surface area (Å²) in [5.41, 5.74) is 0. The molecule has 0 heterocycles. The van der Waals surface area contributed by atoms with Crippen LogP contribution in [0.15, 0.2) is 18.2 Å². The van der Waals surface area contributed by atoms with E-state index in [9.17, 15) is 0 Å². The van der Waals surface area contributed by atoms with Gasteiger partial charge in [0.2, 0.25) is 0 Å². The van der Waals surface area contributed by atoms with Crippen LogP contribution < -0.4 is 19.5 Å². The maximum atomic E-state index is 6.28. The highest BCUT2D eigenvalue weighted by atomic mass is 16.5. The molecular weight excluding hydrogens is 266 g/mol. The number of rotatable bonds is 5. The van der Waals surface area contributed by atoms with E-state index in [-0.39, 0.29) is 6.10 Å². The summed E-state index contributed by atoms with van der Waals surface area (Å²) in [7, 11) is 5.32. The molecular formula is C17H27NO3. The zero-order chi connectivity index (χ0) is 15.4. The Balaban J connectivity index is 2.19. The van der Waals surface area contributed by atoms with Crippen LogP contribution in [0.3, 0.4) is 0 Å². The smallest absolute Gasteiger partial charge is 0.127 e. The first-order valence-corrected chi connectivity index (χ1v) is 7.64. The van der Waals surface area contributed by atoms with Gasteiger partial charge in [-0.1, -0.05) is 13.8 Å². The fraction of sp³-hybridized carbons (Fsp3) is 0.647. The van der Waals surface area contributed by atoms with E-state index >= 15 is 0 Å². The van der Waals surface area contributed by atoms with Crippen molar-refractivity contribution in [2.75, 3.05) is 21.3 Å². The normalized spacial score (nSPS) is 29.0. The van der Waals surface area contributed by atoms with Gasteiger partial charge in [0.05, 0.1) is 14.2 Å². The van der Waals surface area contributed by atoms with Crippen molar-refractivity contribution in [2.24, 2.45) is 11.8 Å². The molecule has 1 fully saturated rings. The molecule has 0 saturated heterocycles. The Kier molecular flexibility index (Phi) is 5.34. The fourth-order valence-electron chi connectivity index (χ4n) is 3.32. The van der Waals surface area contributed by atoms with Gasteiger partial charge in [-0.2, -0.15) is 0 Å². The summed E-state index contributed by atoms with van der Waals surface area (Å²) in [6, 6.07) is 6.07. The second-order valence-corrected chi connectivity index (χ2v) is 6.08. The zero-order valence-electron chi connectivity index (χ0n) is 13.7. The first kappa shape index (κ1) is 16.0. The van der Waals surface area contributed by atoms with Crippen LogP contribution in [0.2, 0.25) is 0 Å². The SMILES string of the molecule is CNC1CC(C)CC(C)C1Oc1cc(OC)cc(OC)c1. The minimum atomic E-state index is 0.169. The molecule has 0 aliphatic heterocycles. The van der Waals surface area contributed by atoms with Crippen LogP contribution in [-0.2, 0) is 0 Å². The fourth-order valence-corrected chi connectivity index (χ4v) is 3.32. The average molecular weight is 293 g/mol. The Hall–Kier alpha value is -1.42. The summed E-state index contributed by atoms with van der Waals surface area (Å²) >= 11 is 0. The van der Waals surface area contributed by atoms with Gasteiger partial charge in [-0.15, -0.1) is 0 Å². The molecule has 0 bridgehead atoms. The molecule has 0 aromatic heterocycles. The van der Waals surface area contributed by atoms with Crippen molar-refractivity contribution in [1.29, 1.82) is 0 Å². The summed E-state index contributed by atoms with van der Waals surface area (Å²) in [6.07, 6.45) is 2.51. The van der Waals surface area contributed by atoms with E-state index in [4.69, 9.17) is 14.2 Å². The molecule has 2 rings (SSSR count). The second-order valence-electron chi connectivity index (χ2n) is 6.08. The number of ether oxygens (including phenoxy) is 3. The minimum Gasteiger partial charge on any atom is -0.496 e. The van der Waals surface area contributed by atoms with Crippen molar-refractivity contribution < 1.29 is 14.2 Å². The number of nitrogens with one attached hydrogen (secondary N) is 1. The number of benzene rings is 1. The third-order valence-electron chi connectivity index (χ3n) is 4.36. The quantitative estimate of drug-likeness (QED) is 0.905. The van der Waals surface area contributed by atoms with Crippen molar-refractivity contribution >= 4 is 0 Å². The van der Waals surface area contributed by atoms with Crippen LogP contribution >= 0.6 is 0 Å². The lowest BCUT2D eigenvalue weighted by atomic mass is 9.78. The lowest BCUT2D eigenvalue weighted by Gasteiger charge is -2.39. The lowest BCUT2D eigenvalue weighted by Crippen LogP contribution is -2.49. The van der Waals surface area contributed by atoms with E-state index in [1.807, 2.05) is 25.2 Å². The summed E-state index contributed by atoms with van der Waals surface area (Å²) in [5, 5.41) is 3.40. The van der Waals surface area contributed by atoms with E-state index in [0.717, 1.165) is 29.6 Å². The van der Waals surface area contributed by atoms with Gasteiger partial charge in [-0.25, -0.2) is 0 Å². The molecule has 4 unspecified atom stereocenters. The van der Waals surface area contributed by atoms with Crippen molar-refractivity contribution in [3.8, 4) is 17.2 Å². The number of likely N-dealkylation sites (N-methyl/N-ethyl adjacent to an activating group) is 1. The third-order valence-corrected chi connectivity index (χ3v) is 4.36. The number of hydrogen-bond donors (Lipinski definition) is 1. The van der Waals surface area contributed by atoms with Gasteiger partial charge in [0.15, 0.2) is 0 Å². The zero-order valence-corrected chi connectivity index (χ0v) is 13.7. The van der Waals surface area contributed by atoms with Gasteiger partial charge in [-0.05, 0) is 31.7 Å². The molecule has 0 spiro atoms. The van der Waals surface area contributed by atoms with Crippen LogP contribution in [0.25, 0.3) is 0 Å². The van der Waals surface area contributed by atoms with E-state index in [2.05, 4.69) is 19.2 Å². The Morgan fingerprint density at radius 2 is 1.52 bits per heavy atom. The van der Waals surface area contributed by atoms with Gasteiger partial charge in [0.1, 0.15) is 23.4 Å². The van der Waals surface area contributed by atoms with Gasteiger partial charge in [0, 0.05) is 24.2 Å². The minimum absolute atomic E-state index is 0.169. The molecule has 118 valence electrons. The molecule has 1 saturated carbocycles. The molecule has 1 aromatic rings. The van der Waals surface area contributed by atoms with Crippen LogP contribution in [0.4, 0.5) is 0 Å². The molecule has 4 heteroatoms. The van der Waals surface area contributed by atoms with E-state index < -0.39 is 0 Å². The number of methoxy groups -OCH3 is 2. The second kappa shape index (κ2) is 7.03. The van der Waals surface area contributed by atoms with Crippen molar-refractivity contribution in [2.45, 2.75) is 38.8 Å². The molecule has 1 N–H and O–H groups in total. The van der Waals surface area contributed by atoms with Gasteiger partial charge < -0.3 is 19.5 Å². The maximum Gasteiger partial charge on any atom is 0.127 e. The van der Waals surface area contributed by atoms with Crippen LogP contribution in [0.1, 0.15) is 26.7 Å². The molecule has 0 radical (unpaired) electrons. The van der Waals surface area contributed by atoms with E-state index in [1.165, 1.54) is 6.42 Å². The maximum absolute atomic E-state index is 6.28. The molecule has 1 aliphatic carbocycles. The highest BCUT2D eigenvalue weighted by Gasteiger charge is 2.34. The summed E-state index contributed by atoms with van der Waals surface area (Å²) in [4.78, 5) is 0.